The third kappa shape index (κ3) is 3.01. The molecular weight excluding hydrogens is 197 g/mol. The maximum atomic E-state index is 12.4. The van der Waals surface area contributed by atoms with E-state index in [0.717, 1.165) is 0 Å². The van der Waals surface area contributed by atoms with Crippen molar-refractivity contribution in [3.8, 4) is 0 Å². The van der Waals surface area contributed by atoms with Gasteiger partial charge in [0.05, 0.1) is 0 Å². The molecule has 0 heterocycles. The third-order valence-electron chi connectivity index (χ3n) is 1.50. The van der Waals surface area contributed by atoms with E-state index in [1.54, 1.807) is 0 Å². The van der Waals surface area contributed by atoms with Crippen molar-refractivity contribution in [3.63, 3.8) is 0 Å². The summed E-state index contributed by atoms with van der Waals surface area (Å²) >= 11 is 0. The molecule has 3 nitrogen and oxygen atoms in total. The van der Waals surface area contributed by atoms with E-state index in [0.29, 0.717) is 5.56 Å². The summed E-state index contributed by atoms with van der Waals surface area (Å²) in [5.74, 6) is -1.53. The molecule has 0 fully saturated rings. The van der Waals surface area contributed by atoms with Crippen LogP contribution in [0.1, 0.15) is 11.6 Å². The molecule has 1 aromatic carbocycles. The van der Waals surface area contributed by atoms with Crippen molar-refractivity contribution in [2.45, 2.75) is 6.04 Å². The molecule has 72 valence electrons. The Bertz CT molecular complexity index is 289. The zero-order valence-corrected chi connectivity index (χ0v) is 7.42. The number of nitrogens with two attached hydrogens (primary N) is 1. The molecular formula is C8H9ClFNO2. The Morgan fingerprint density at radius 1 is 1.38 bits per heavy atom. The van der Waals surface area contributed by atoms with E-state index < -0.39 is 17.8 Å². The molecule has 0 aliphatic heterocycles. The monoisotopic (exact) mass is 205 g/mol. The molecule has 0 aliphatic rings. The lowest BCUT2D eigenvalue weighted by Gasteiger charge is -2.05. The molecule has 1 aromatic rings. The molecule has 0 saturated carbocycles. The molecule has 0 spiro atoms. The van der Waals surface area contributed by atoms with Gasteiger partial charge in [-0.05, 0) is 17.7 Å². The number of hydrogen-bond donors (Lipinski definition) is 2. The van der Waals surface area contributed by atoms with Gasteiger partial charge in [-0.15, -0.1) is 12.4 Å². The number of halogens is 2. The van der Waals surface area contributed by atoms with Crippen molar-refractivity contribution in [2.24, 2.45) is 5.73 Å². The predicted octanol–water partition coefficient (Wildman–Crippen LogP) is 1.33. The molecule has 5 heteroatoms. The minimum absolute atomic E-state index is 0. The van der Waals surface area contributed by atoms with Crippen molar-refractivity contribution in [1.29, 1.82) is 0 Å². The van der Waals surface area contributed by atoms with E-state index in [9.17, 15) is 9.18 Å². The highest BCUT2D eigenvalue weighted by Gasteiger charge is 2.13. The Hall–Kier alpha value is -1.13. The Labute approximate surface area is 80.8 Å². The summed E-state index contributed by atoms with van der Waals surface area (Å²) in [6.45, 7) is 0. The first-order valence-corrected chi connectivity index (χ1v) is 3.35. The molecule has 1 rings (SSSR count). The third-order valence-corrected chi connectivity index (χ3v) is 1.50. The van der Waals surface area contributed by atoms with Crippen LogP contribution in [0.25, 0.3) is 0 Å². The van der Waals surface area contributed by atoms with Crippen LogP contribution in [0.4, 0.5) is 4.39 Å². The average Bonchev–Trinajstić information content (AvgIpc) is 2.04. The fourth-order valence-electron chi connectivity index (χ4n) is 0.813. The first-order valence-electron chi connectivity index (χ1n) is 3.35. The van der Waals surface area contributed by atoms with E-state index in [1.807, 2.05) is 0 Å². The van der Waals surface area contributed by atoms with Crippen LogP contribution in [0.5, 0.6) is 0 Å². The highest BCUT2D eigenvalue weighted by atomic mass is 35.5. The molecule has 13 heavy (non-hydrogen) atoms. The van der Waals surface area contributed by atoms with E-state index >= 15 is 0 Å². The van der Waals surface area contributed by atoms with Crippen molar-refractivity contribution >= 4 is 18.4 Å². The second-order valence-corrected chi connectivity index (χ2v) is 2.37. The summed E-state index contributed by atoms with van der Waals surface area (Å²) in [7, 11) is 0. The number of carboxylic acid groups (broad SMARTS) is 1. The van der Waals surface area contributed by atoms with E-state index in [-0.39, 0.29) is 12.4 Å². The van der Waals surface area contributed by atoms with E-state index in [1.165, 1.54) is 24.3 Å². The normalized spacial score (nSPS) is 11.5. The Balaban J connectivity index is 0.00000144. The van der Waals surface area contributed by atoms with Gasteiger partial charge in [0.2, 0.25) is 0 Å². The lowest BCUT2D eigenvalue weighted by Crippen LogP contribution is -2.20. The van der Waals surface area contributed by atoms with Crippen LogP contribution in [0, 0.1) is 5.82 Å². The van der Waals surface area contributed by atoms with Gasteiger partial charge < -0.3 is 10.8 Å². The molecule has 0 bridgehead atoms. The molecule has 1 unspecified atom stereocenters. The van der Waals surface area contributed by atoms with Crippen molar-refractivity contribution in [2.75, 3.05) is 0 Å². The number of hydrogen-bond acceptors (Lipinski definition) is 2. The smallest absolute Gasteiger partial charge is 0.325 e. The average molecular weight is 206 g/mol. The summed E-state index contributed by atoms with van der Waals surface area (Å²) in [6.07, 6.45) is 0. The zero-order chi connectivity index (χ0) is 9.14. The van der Waals surface area contributed by atoms with Crippen LogP contribution >= 0.6 is 12.4 Å². The van der Waals surface area contributed by atoms with Crippen molar-refractivity contribution < 1.29 is 14.3 Å². The quantitative estimate of drug-likeness (QED) is 0.766. The summed E-state index contributed by atoms with van der Waals surface area (Å²) in [4.78, 5) is 10.4. The summed E-state index contributed by atoms with van der Waals surface area (Å²) in [5.41, 5.74) is 5.66. The molecule has 0 saturated heterocycles. The molecule has 0 aliphatic carbocycles. The van der Waals surface area contributed by atoms with Gasteiger partial charge in [0.1, 0.15) is 11.9 Å². The number of carbonyl (C=O) groups is 1. The lowest BCUT2D eigenvalue weighted by molar-refractivity contribution is -0.138. The predicted molar refractivity (Wildman–Crippen MR) is 48.2 cm³/mol. The van der Waals surface area contributed by atoms with Gasteiger partial charge in [0, 0.05) is 0 Å². The molecule has 1 atom stereocenters. The number of benzene rings is 1. The maximum Gasteiger partial charge on any atom is 0.325 e. The zero-order valence-electron chi connectivity index (χ0n) is 6.61. The van der Waals surface area contributed by atoms with Crippen LogP contribution in [0.3, 0.4) is 0 Å². The number of aliphatic carboxylic acids is 1. The fraction of sp³-hybridized carbons (Fsp3) is 0.125. The van der Waals surface area contributed by atoms with Gasteiger partial charge in [0.25, 0.3) is 0 Å². The summed E-state index contributed by atoms with van der Waals surface area (Å²) < 4.78 is 12.4. The Morgan fingerprint density at radius 2 is 1.85 bits per heavy atom. The van der Waals surface area contributed by atoms with E-state index in [2.05, 4.69) is 0 Å². The van der Waals surface area contributed by atoms with Crippen LogP contribution in [0.2, 0.25) is 0 Å². The second-order valence-electron chi connectivity index (χ2n) is 2.37. The van der Waals surface area contributed by atoms with Crippen LogP contribution in [0.15, 0.2) is 24.3 Å². The van der Waals surface area contributed by atoms with Gasteiger partial charge in [-0.3, -0.25) is 4.79 Å². The first-order chi connectivity index (χ1) is 5.61. The lowest BCUT2D eigenvalue weighted by atomic mass is 10.1. The van der Waals surface area contributed by atoms with Gasteiger partial charge >= 0.3 is 5.97 Å². The molecule has 3 N–H and O–H groups in total. The number of carboxylic acids is 1. The SMILES string of the molecule is Cl.NC(C(=O)O)c1ccc(F)cc1. The van der Waals surface area contributed by atoms with Crippen LogP contribution < -0.4 is 5.73 Å². The molecule has 0 amide bonds. The molecule has 0 radical (unpaired) electrons. The highest BCUT2D eigenvalue weighted by Crippen LogP contribution is 2.10. The maximum absolute atomic E-state index is 12.4. The van der Waals surface area contributed by atoms with E-state index in [4.69, 9.17) is 10.8 Å². The molecule has 0 aromatic heterocycles. The highest BCUT2D eigenvalue weighted by molar-refractivity contribution is 5.85. The van der Waals surface area contributed by atoms with Crippen LogP contribution in [-0.2, 0) is 4.79 Å². The second kappa shape index (κ2) is 4.79. The largest absolute Gasteiger partial charge is 0.480 e. The Morgan fingerprint density at radius 3 is 2.23 bits per heavy atom. The van der Waals surface area contributed by atoms with Gasteiger partial charge in [-0.1, -0.05) is 12.1 Å². The fourth-order valence-corrected chi connectivity index (χ4v) is 0.813. The standard InChI is InChI=1S/C8H8FNO2.ClH/c9-6-3-1-5(2-4-6)7(10)8(11)12;/h1-4,7H,10H2,(H,11,12);1H. The minimum atomic E-state index is -1.12. The van der Waals surface area contributed by atoms with Crippen molar-refractivity contribution in [3.05, 3.63) is 35.6 Å². The number of rotatable bonds is 2. The summed E-state index contributed by atoms with van der Waals surface area (Å²) in [6, 6.07) is 3.99. The van der Waals surface area contributed by atoms with Gasteiger partial charge in [0.15, 0.2) is 0 Å². The Kier molecular flexibility index (Phi) is 4.37. The van der Waals surface area contributed by atoms with Crippen molar-refractivity contribution in [1.82, 2.24) is 0 Å². The first kappa shape index (κ1) is 11.9. The van der Waals surface area contributed by atoms with Gasteiger partial charge in [-0.2, -0.15) is 0 Å². The van der Waals surface area contributed by atoms with Gasteiger partial charge in [-0.25, -0.2) is 4.39 Å². The summed E-state index contributed by atoms with van der Waals surface area (Å²) in [5, 5.41) is 8.49. The van der Waals surface area contributed by atoms with Crippen LogP contribution in [-0.4, -0.2) is 11.1 Å². The topological polar surface area (TPSA) is 63.3 Å². The minimum Gasteiger partial charge on any atom is -0.480 e.